The molecular weight excluding hydrogens is 542 g/mol. The smallest absolute Gasteiger partial charge is 0.307 e. The van der Waals surface area contributed by atoms with Gasteiger partial charge in [-0.25, -0.2) is 4.98 Å². The molecule has 2 amide bonds. The molecule has 41 heavy (non-hydrogen) atoms. The summed E-state index contributed by atoms with van der Waals surface area (Å²) >= 11 is 6.09. The van der Waals surface area contributed by atoms with E-state index in [-0.39, 0.29) is 23.0 Å². The van der Waals surface area contributed by atoms with Crippen LogP contribution >= 0.6 is 11.6 Å². The lowest BCUT2D eigenvalue weighted by atomic mass is 9.78. The van der Waals surface area contributed by atoms with Gasteiger partial charge >= 0.3 is 5.97 Å². The maximum absolute atomic E-state index is 13.9. The van der Waals surface area contributed by atoms with Crippen LogP contribution in [0, 0.1) is 11.8 Å². The number of halogens is 1. The van der Waals surface area contributed by atoms with Crippen molar-refractivity contribution in [3.8, 4) is 11.3 Å². The van der Waals surface area contributed by atoms with Gasteiger partial charge in [0.05, 0.1) is 23.1 Å². The number of amides is 2. The highest BCUT2D eigenvalue weighted by Crippen LogP contribution is 2.37. The number of nitrogens with zero attached hydrogens (tertiary/aromatic N) is 3. The molecule has 3 heterocycles. The average molecular weight is 580 g/mol. The molecule has 2 fully saturated rings. The standard InChI is InChI=1S/C32H38ClN3O5/c1-31(2,3)23-16-24(19-10-12-20(33)13-11-19)34-25-17-26(41-27(23)25)29(38)36-15-14-35(18-32(36,4)5)28(37)21-8-6-7-9-22(21)30(39)40/h10-13,16-17,21-22H,6-9,14-15,18H2,1-5H3,(H,39,40)/t21-,22-/m1/s1. The van der Waals surface area contributed by atoms with Gasteiger partial charge in [-0.2, -0.15) is 0 Å². The predicted octanol–water partition coefficient (Wildman–Crippen LogP) is 6.40. The van der Waals surface area contributed by atoms with E-state index in [1.165, 1.54) is 0 Å². The summed E-state index contributed by atoms with van der Waals surface area (Å²) in [6.07, 6.45) is 2.82. The topological polar surface area (TPSA) is 104 Å². The number of piperazine rings is 1. The highest BCUT2D eigenvalue weighted by molar-refractivity contribution is 6.30. The number of carboxylic acids is 1. The van der Waals surface area contributed by atoms with Gasteiger partial charge in [-0.1, -0.05) is 57.3 Å². The molecule has 0 bridgehead atoms. The maximum Gasteiger partial charge on any atom is 0.307 e. The number of furan rings is 1. The second-order valence-corrected chi connectivity index (χ2v) is 13.4. The summed E-state index contributed by atoms with van der Waals surface area (Å²) in [5, 5.41) is 10.3. The lowest BCUT2D eigenvalue weighted by Crippen LogP contribution is -2.63. The molecule has 218 valence electrons. The van der Waals surface area contributed by atoms with Gasteiger partial charge in [-0.15, -0.1) is 0 Å². The van der Waals surface area contributed by atoms with Crippen molar-refractivity contribution in [2.75, 3.05) is 19.6 Å². The van der Waals surface area contributed by atoms with Gasteiger partial charge in [0.2, 0.25) is 5.91 Å². The normalized spacial score (nSPS) is 21.2. The van der Waals surface area contributed by atoms with Crippen molar-refractivity contribution in [1.29, 1.82) is 0 Å². The fraction of sp³-hybridized carbons (Fsp3) is 0.500. The number of aliphatic carboxylic acids is 1. The van der Waals surface area contributed by atoms with E-state index < -0.39 is 23.3 Å². The Labute approximate surface area is 245 Å². The summed E-state index contributed by atoms with van der Waals surface area (Å²) < 4.78 is 6.23. The minimum Gasteiger partial charge on any atom is -0.481 e. The zero-order chi connectivity index (χ0) is 29.7. The van der Waals surface area contributed by atoms with Crippen LogP contribution in [0.2, 0.25) is 5.02 Å². The van der Waals surface area contributed by atoms with E-state index in [2.05, 4.69) is 20.8 Å². The Morgan fingerprint density at radius 2 is 1.68 bits per heavy atom. The highest BCUT2D eigenvalue weighted by atomic mass is 35.5. The van der Waals surface area contributed by atoms with E-state index >= 15 is 0 Å². The molecular formula is C32H38ClN3O5. The van der Waals surface area contributed by atoms with E-state index in [1.54, 1.807) is 15.9 Å². The first-order valence-electron chi connectivity index (χ1n) is 14.3. The van der Waals surface area contributed by atoms with Gasteiger partial charge in [0.1, 0.15) is 5.52 Å². The van der Waals surface area contributed by atoms with Crippen molar-refractivity contribution in [2.45, 2.75) is 71.3 Å². The molecule has 1 saturated carbocycles. The first-order valence-corrected chi connectivity index (χ1v) is 14.7. The second kappa shape index (κ2) is 10.8. The van der Waals surface area contributed by atoms with Crippen LogP contribution in [0.3, 0.4) is 0 Å². The molecule has 9 heteroatoms. The quantitative estimate of drug-likeness (QED) is 0.383. The minimum absolute atomic E-state index is 0.116. The summed E-state index contributed by atoms with van der Waals surface area (Å²) in [4.78, 5) is 47.4. The second-order valence-electron chi connectivity index (χ2n) is 13.0. The number of rotatable bonds is 4. The van der Waals surface area contributed by atoms with E-state index in [0.29, 0.717) is 48.6 Å². The Balaban J connectivity index is 1.41. The largest absolute Gasteiger partial charge is 0.481 e. The molecule has 0 spiro atoms. The Morgan fingerprint density at radius 1 is 1.02 bits per heavy atom. The summed E-state index contributed by atoms with van der Waals surface area (Å²) in [7, 11) is 0. The highest BCUT2D eigenvalue weighted by Gasteiger charge is 2.44. The molecule has 8 nitrogen and oxygen atoms in total. The summed E-state index contributed by atoms with van der Waals surface area (Å²) in [5.74, 6) is -2.21. The Bertz CT molecular complexity index is 1490. The van der Waals surface area contributed by atoms with Crippen LogP contribution in [0.1, 0.15) is 76.4 Å². The molecule has 0 unspecified atom stereocenters. The van der Waals surface area contributed by atoms with Crippen LogP contribution in [-0.4, -0.2) is 62.8 Å². The van der Waals surface area contributed by atoms with Crippen molar-refractivity contribution in [2.24, 2.45) is 11.8 Å². The third-order valence-corrected chi connectivity index (χ3v) is 8.75. The van der Waals surface area contributed by atoms with Crippen molar-refractivity contribution in [3.05, 3.63) is 52.7 Å². The fourth-order valence-corrected chi connectivity index (χ4v) is 6.39. The van der Waals surface area contributed by atoms with E-state index in [9.17, 15) is 19.5 Å². The molecule has 2 aliphatic rings. The number of benzene rings is 1. The van der Waals surface area contributed by atoms with Crippen LogP contribution in [0.5, 0.6) is 0 Å². The number of carbonyl (C=O) groups excluding carboxylic acids is 2. The molecule has 3 aromatic rings. The van der Waals surface area contributed by atoms with Gasteiger partial charge in [0.15, 0.2) is 11.3 Å². The average Bonchev–Trinajstić information content (AvgIpc) is 3.35. The molecule has 1 aromatic carbocycles. The molecule has 1 N–H and O–H groups in total. The van der Waals surface area contributed by atoms with Crippen molar-refractivity contribution in [3.63, 3.8) is 0 Å². The number of carbonyl (C=O) groups is 3. The van der Waals surface area contributed by atoms with Gasteiger partial charge in [0, 0.05) is 41.9 Å². The first kappa shape index (κ1) is 29.1. The van der Waals surface area contributed by atoms with Crippen molar-refractivity contribution >= 4 is 40.5 Å². The molecule has 1 saturated heterocycles. The van der Waals surface area contributed by atoms with Gasteiger partial charge in [0.25, 0.3) is 5.91 Å². The number of hydrogen-bond donors (Lipinski definition) is 1. The van der Waals surface area contributed by atoms with Crippen LogP contribution < -0.4 is 0 Å². The first-order chi connectivity index (χ1) is 19.3. The fourth-order valence-electron chi connectivity index (χ4n) is 6.26. The van der Waals surface area contributed by atoms with Crippen molar-refractivity contribution in [1.82, 2.24) is 14.8 Å². The Kier molecular flexibility index (Phi) is 7.66. The lowest BCUT2D eigenvalue weighted by molar-refractivity contribution is -0.154. The number of aromatic nitrogens is 1. The van der Waals surface area contributed by atoms with E-state index in [4.69, 9.17) is 21.0 Å². The zero-order valence-electron chi connectivity index (χ0n) is 24.4. The number of carboxylic acid groups (broad SMARTS) is 1. The minimum atomic E-state index is -0.900. The number of fused-ring (bicyclic) bond motifs is 1. The van der Waals surface area contributed by atoms with Gasteiger partial charge in [-0.05, 0) is 50.3 Å². The Hall–Kier alpha value is -3.39. The number of hydrogen-bond acceptors (Lipinski definition) is 5. The summed E-state index contributed by atoms with van der Waals surface area (Å²) in [6, 6.07) is 11.2. The third-order valence-electron chi connectivity index (χ3n) is 8.50. The van der Waals surface area contributed by atoms with Crippen molar-refractivity contribution < 1.29 is 23.9 Å². The van der Waals surface area contributed by atoms with Crippen LogP contribution in [0.4, 0.5) is 0 Å². The Morgan fingerprint density at radius 3 is 2.29 bits per heavy atom. The maximum atomic E-state index is 13.9. The van der Waals surface area contributed by atoms with E-state index in [0.717, 1.165) is 29.7 Å². The zero-order valence-corrected chi connectivity index (χ0v) is 25.1. The lowest BCUT2D eigenvalue weighted by Gasteiger charge is -2.48. The molecule has 5 rings (SSSR count). The van der Waals surface area contributed by atoms with Crippen LogP contribution in [0.25, 0.3) is 22.4 Å². The van der Waals surface area contributed by atoms with Gasteiger partial charge < -0.3 is 19.3 Å². The number of pyridine rings is 1. The molecule has 1 aliphatic heterocycles. The summed E-state index contributed by atoms with van der Waals surface area (Å²) in [6.45, 7) is 11.2. The molecule has 2 atom stereocenters. The molecule has 2 aromatic heterocycles. The monoisotopic (exact) mass is 579 g/mol. The van der Waals surface area contributed by atoms with E-state index in [1.807, 2.05) is 44.2 Å². The molecule has 0 radical (unpaired) electrons. The predicted molar refractivity (Wildman–Crippen MR) is 158 cm³/mol. The molecule has 1 aliphatic carbocycles. The van der Waals surface area contributed by atoms with Crippen LogP contribution in [0.15, 0.2) is 40.8 Å². The van der Waals surface area contributed by atoms with Crippen LogP contribution in [-0.2, 0) is 15.0 Å². The third kappa shape index (κ3) is 5.71. The SMILES string of the molecule is CC(C)(C)c1cc(-c2ccc(Cl)cc2)nc2cc(C(=O)N3CCN(C(=O)[C@@H]4CCCC[C@H]4C(=O)O)CC3(C)C)oc12. The van der Waals surface area contributed by atoms with Gasteiger partial charge in [-0.3, -0.25) is 14.4 Å². The summed E-state index contributed by atoms with van der Waals surface area (Å²) in [5.41, 5.74) is 2.89.